The Labute approximate surface area is 85.0 Å². The molecule has 12 heavy (non-hydrogen) atoms. The predicted octanol–water partition coefficient (Wildman–Crippen LogP) is -1.40. The normalized spacial score (nSPS) is 9.50. The minimum atomic E-state index is 0. The topological polar surface area (TPSA) is 8.81 Å². The van der Waals surface area contributed by atoms with Crippen molar-refractivity contribution < 1.29 is 21.5 Å². The smallest absolute Gasteiger partial charge is 0.243 e. The third-order valence-corrected chi connectivity index (χ3v) is 1.88. The van der Waals surface area contributed by atoms with E-state index in [9.17, 15) is 0 Å². The molecule has 1 heterocycles. The highest BCUT2D eigenvalue weighted by Crippen LogP contribution is 1.87. The summed E-state index contributed by atoms with van der Waals surface area (Å²) in [5.74, 6) is 0. The number of aryl methyl sites for hydroxylation is 2. The van der Waals surface area contributed by atoms with Crippen molar-refractivity contribution in [2.45, 2.75) is 39.8 Å². The van der Waals surface area contributed by atoms with Crippen LogP contribution in [0.4, 0.5) is 0 Å². The zero-order valence-corrected chi connectivity index (χ0v) is 9.42. The summed E-state index contributed by atoms with van der Waals surface area (Å²) in [6, 6.07) is 0. The Morgan fingerprint density at radius 3 is 2.58 bits per heavy atom. The van der Waals surface area contributed by atoms with Gasteiger partial charge in [-0.2, -0.15) is 0 Å². The van der Waals surface area contributed by atoms with Gasteiger partial charge in [-0.05, 0) is 13.3 Å². The zero-order chi connectivity index (χ0) is 8.10. The van der Waals surface area contributed by atoms with Crippen LogP contribution in [-0.2, 0) is 13.1 Å². The highest BCUT2D eigenvalue weighted by Gasteiger charge is 1.98. The molecule has 0 amide bonds. The van der Waals surface area contributed by atoms with E-state index in [1.807, 2.05) is 0 Å². The average Bonchev–Trinajstić information content (AvgIpc) is 2.48. The van der Waals surface area contributed by atoms with Crippen LogP contribution in [0.25, 0.3) is 0 Å². The average molecular weight is 233 g/mol. The molecule has 0 atom stereocenters. The van der Waals surface area contributed by atoms with Crippen LogP contribution in [0.3, 0.4) is 0 Å². The van der Waals surface area contributed by atoms with Gasteiger partial charge in [-0.25, -0.2) is 9.13 Å². The van der Waals surface area contributed by atoms with Crippen molar-refractivity contribution in [3.63, 3.8) is 0 Å². The molecule has 70 valence electrons. The fraction of sp³-hybridized carbons (Fsp3) is 0.667. The van der Waals surface area contributed by atoms with Gasteiger partial charge in [0.15, 0.2) is 0 Å². The minimum absolute atomic E-state index is 0. The van der Waals surface area contributed by atoms with Crippen molar-refractivity contribution >= 4 is 0 Å². The lowest BCUT2D eigenvalue weighted by Crippen LogP contribution is -3.00. The third kappa shape index (κ3) is 3.39. The largest absolute Gasteiger partial charge is 1.00 e. The molecular formula is C9H17BrN2. The van der Waals surface area contributed by atoms with Gasteiger partial charge in [0.2, 0.25) is 6.33 Å². The van der Waals surface area contributed by atoms with E-state index < -0.39 is 0 Å². The maximum Gasteiger partial charge on any atom is 0.243 e. The number of nitrogens with zero attached hydrogens (tertiary/aromatic N) is 2. The summed E-state index contributed by atoms with van der Waals surface area (Å²) in [4.78, 5) is 0. The van der Waals surface area contributed by atoms with Gasteiger partial charge in [0.1, 0.15) is 12.4 Å². The van der Waals surface area contributed by atoms with Crippen LogP contribution in [0.5, 0.6) is 0 Å². The second-order valence-corrected chi connectivity index (χ2v) is 2.84. The van der Waals surface area contributed by atoms with Gasteiger partial charge in [0.05, 0.1) is 13.1 Å². The fourth-order valence-corrected chi connectivity index (χ4v) is 1.10. The minimum Gasteiger partial charge on any atom is -1.00 e. The lowest BCUT2D eigenvalue weighted by molar-refractivity contribution is -0.696. The molecule has 0 aliphatic heterocycles. The summed E-state index contributed by atoms with van der Waals surface area (Å²) in [6.45, 7) is 6.60. The van der Waals surface area contributed by atoms with Crippen LogP contribution in [-0.4, -0.2) is 4.57 Å². The van der Waals surface area contributed by atoms with Crippen molar-refractivity contribution in [1.29, 1.82) is 0 Å². The molecule has 2 nitrogen and oxygen atoms in total. The monoisotopic (exact) mass is 232 g/mol. The van der Waals surface area contributed by atoms with E-state index in [1.54, 1.807) is 0 Å². The van der Waals surface area contributed by atoms with Crippen LogP contribution in [0.1, 0.15) is 26.7 Å². The Morgan fingerprint density at radius 1 is 1.33 bits per heavy atom. The Balaban J connectivity index is 0.00000121. The van der Waals surface area contributed by atoms with Crippen molar-refractivity contribution in [1.82, 2.24) is 4.57 Å². The third-order valence-electron chi connectivity index (χ3n) is 1.88. The Kier molecular flexibility index (Phi) is 6.07. The molecule has 0 fully saturated rings. The van der Waals surface area contributed by atoms with Gasteiger partial charge in [-0.1, -0.05) is 13.3 Å². The van der Waals surface area contributed by atoms with Crippen LogP contribution in [0.2, 0.25) is 0 Å². The molecule has 0 radical (unpaired) electrons. The quantitative estimate of drug-likeness (QED) is 0.566. The number of hydrogen-bond acceptors (Lipinski definition) is 0. The molecule has 0 N–H and O–H groups in total. The number of halogens is 1. The van der Waals surface area contributed by atoms with E-state index in [4.69, 9.17) is 0 Å². The SMILES string of the molecule is CCCC[n+]1ccn(CC)c1.[Br-]. The van der Waals surface area contributed by atoms with Crippen molar-refractivity contribution in [2.24, 2.45) is 0 Å². The van der Waals surface area contributed by atoms with Crippen LogP contribution < -0.4 is 21.5 Å². The molecule has 0 saturated heterocycles. The van der Waals surface area contributed by atoms with E-state index in [0.717, 1.165) is 13.1 Å². The Bertz CT molecular complexity index is 208. The maximum atomic E-state index is 2.24. The molecule has 0 aliphatic carbocycles. The Morgan fingerprint density at radius 2 is 2.08 bits per heavy atom. The first-order chi connectivity index (χ1) is 5.36. The first-order valence-electron chi connectivity index (χ1n) is 4.41. The number of rotatable bonds is 4. The summed E-state index contributed by atoms with van der Waals surface area (Å²) < 4.78 is 4.43. The standard InChI is InChI=1S/C9H17N2.BrH/c1-3-5-6-11-8-7-10(4-2)9-11;/h7-9H,3-6H2,1-2H3;1H/q+1;/p-1. The number of unbranched alkanes of at least 4 members (excludes halogenated alkanes) is 1. The maximum absolute atomic E-state index is 2.24. The molecular weight excluding hydrogens is 216 g/mol. The zero-order valence-electron chi connectivity index (χ0n) is 7.83. The molecule has 0 aromatic carbocycles. The summed E-state index contributed by atoms with van der Waals surface area (Å²) in [5.41, 5.74) is 0. The first-order valence-corrected chi connectivity index (χ1v) is 4.41. The van der Waals surface area contributed by atoms with E-state index in [-0.39, 0.29) is 17.0 Å². The predicted molar refractivity (Wildman–Crippen MR) is 45.2 cm³/mol. The van der Waals surface area contributed by atoms with Crippen molar-refractivity contribution in [3.05, 3.63) is 18.7 Å². The second kappa shape index (κ2) is 6.23. The molecule has 1 rings (SSSR count). The molecule has 3 heteroatoms. The van der Waals surface area contributed by atoms with Gasteiger partial charge in [0.25, 0.3) is 0 Å². The van der Waals surface area contributed by atoms with Gasteiger partial charge in [-0.3, -0.25) is 0 Å². The van der Waals surface area contributed by atoms with Crippen LogP contribution >= 0.6 is 0 Å². The summed E-state index contributed by atoms with van der Waals surface area (Å²) in [5, 5.41) is 0. The van der Waals surface area contributed by atoms with Crippen LogP contribution in [0, 0.1) is 0 Å². The van der Waals surface area contributed by atoms with E-state index in [0.29, 0.717) is 0 Å². The molecule has 0 unspecified atom stereocenters. The highest BCUT2D eigenvalue weighted by atomic mass is 79.9. The summed E-state index contributed by atoms with van der Waals surface area (Å²) >= 11 is 0. The molecule has 1 aromatic heterocycles. The lowest BCUT2D eigenvalue weighted by Gasteiger charge is -1.91. The molecule has 1 aromatic rings. The highest BCUT2D eigenvalue weighted by molar-refractivity contribution is 4.64. The molecule has 0 bridgehead atoms. The van der Waals surface area contributed by atoms with Gasteiger partial charge >= 0.3 is 0 Å². The van der Waals surface area contributed by atoms with E-state index in [1.165, 1.54) is 12.8 Å². The van der Waals surface area contributed by atoms with Crippen molar-refractivity contribution in [3.8, 4) is 0 Å². The number of hydrogen-bond donors (Lipinski definition) is 0. The van der Waals surface area contributed by atoms with Gasteiger partial charge < -0.3 is 17.0 Å². The lowest BCUT2D eigenvalue weighted by atomic mass is 10.3. The number of aromatic nitrogens is 2. The molecule has 0 spiro atoms. The second-order valence-electron chi connectivity index (χ2n) is 2.84. The van der Waals surface area contributed by atoms with Crippen LogP contribution in [0.15, 0.2) is 18.7 Å². The molecule has 0 aliphatic rings. The van der Waals surface area contributed by atoms with Gasteiger partial charge in [-0.15, -0.1) is 0 Å². The fourth-order valence-electron chi connectivity index (χ4n) is 1.10. The first kappa shape index (κ1) is 11.7. The summed E-state index contributed by atoms with van der Waals surface area (Å²) in [7, 11) is 0. The van der Waals surface area contributed by atoms with Gasteiger partial charge in [0, 0.05) is 0 Å². The Hall–Kier alpha value is -0.310. The summed E-state index contributed by atoms with van der Waals surface area (Å²) in [6.07, 6.45) is 8.97. The van der Waals surface area contributed by atoms with E-state index in [2.05, 4.69) is 41.7 Å². The number of imidazole rings is 1. The van der Waals surface area contributed by atoms with Crippen molar-refractivity contribution in [2.75, 3.05) is 0 Å². The molecule has 0 saturated carbocycles. The van der Waals surface area contributed by atoms with E-state index >= 15 is 0 Å².